The van der Waals surface area contributed by atoms with Gasteiger partial charge >= 0.3 is 5.97 Å². The molecule has 5 heteroatoms. The molecule has 0 bridgehead atoms. The van der Waals surface area contributed by atoms with Gasteiger partial charge in [-0.25, -0.2) is 0 Å². The highest BCUT2D eigenvalue weighted by Gasteiger charge is 2.45. The molecule has 96 valence electrons. The molecule has 2 atom stereocenters. The van der Waals surface area contributed by atoms with Crippen molar-refractivity contribution in [3.05, 3.63) is 0 Å². The van der Waals surface area contributed by atoms with Crippen LogP contribution in [0.2, 0.25) is 0 Å². The topological polar surface area (TPSA) is 57.6 Å². The molecule has 4 nitrogen and oxygen atoms in total. The number of hydrogen-bond acceptors (Lipinski definition) is 3. The minimum Gasteiger partial charge on any atom is -0.481 e. The van der Waals surface area contributed by atoms with Crippen molar-refractivity contribution in [1.29, 1.82) is 0 Å². The molecule has 2 rings (SSSR count). The van der Waals surface area contributed by atoms with Crippen LogP contribution in [0.1, 0.15) is 26.2 Å². The van der Waals surface area contributed by atoms with Gasteiger partial charge in [-0.1, -0.05) is 6.92 Å². The Hall–Kier alpha value is -0.710. The molecule has 2 unspecified atom stereocenters. The lowest BCUT2D eigenvalue weighted by molar-refractivity contribution is -0.148. The smallest absolute Gasteiger partial charge is 0.311 e. The van der Waals surface area contributed by atoms with E-state index >= 15 is 0 Å². The third-order valence-electron chi connectivity index (χ3n) is 4.07. The molecule has 2 fully saturated rings. The third kappa shape index (κ3) is 2.30. The van der Waals surface area contributed by atoms with Crippen molar-refractivity contribution in [2.45, 2.75) is 26.2 Å². The molecule has 0 aromatic heterocycles. The lowest BCUT2D eigenvalue weighted by atomic mass is 9.84. The number of aliphatic carboxylic acids is 1. The molecular formula is C12H19NO3S. The van der Waals surface area contributed by atoms with Gasteiger partial charge in [0.15, 0.2) is 0 Å². The van der Waals surface area contributed by atoms with Gasteiger partial charge in [-0.15, -0.1) is 0 Å². The summed E-state index contributed by atoms with van der Waals surface area (Å²) >= 11 is 1.82. The molecule has 0 aliphatic carbocycles. The van der Waals surface area contributed by atoms with Gasteiger partial charge in [0.05, 0.1) is 5.41 Å². The number of carbonyl (C=O) groups excluding carboxylic acids is 1. The van der Waals surface area contributed by atoms with E-state index in [0.29, 0.717) is 25.9 Å². The number of thioether (sulfide) groups is 1. The van der Waals surface area contributed by atoms with Crippen LogP contribution in [-0.4, -0.2) is 46.5 Å². The second-order valence-corrected chi connectivity index (χ2v) is 6.16. The zero-order chi connectivity index (χ0) is 12.5. The van der Waals surface area contributed by atoms with Crippen LogP contribution in [0.5, 0.6) is 0 Å². The molecule has 0 saturated carbocycles. The number of rotatable bonds is 3. The van der Waals surface area contributed by atoms with E-state index in [2.05, 4.69) is 0 Å². The summed E-state index contributed by atoms with van der Waals surface area (Å²) in [5, 5.41) is 9.29. The predicted molar refractivity (Wildman–Crippen MR) is 67.0 cm³/mol. The Labute approximate surface area is 106 Å². The molecule has 0 aromatic rings. The standard InChI is InChI=1S/C12H19NO3S/c1-2-12(11(15)16)4-5-13(8-12)10(14)9-3-6-17-7-9/h9H,2-8H2,1H3,(H,15,16). The van der Waals surface area contributed by atoms with Gasteiger partial charge < -0.3 is 10.0 Å². The van der Waals surface area contributed by atoms with Crippen LogP contribution in [0, 0.1) is 11.3 Å². The highest BCUT2D eigenvalue weighted by Crippen LogP contribution is 2.36. The van der Waals surface area contributed by atoms with Gasteiger partial charge in [0.25, 0.3) is 0 Å². The summed E-state index contributed by atoms with van der Waals surface area (Å²) in [6.07, 6.45) is 2.15. The van der Waals surface area contributed by atoms with Crippen molar-refractivity contribution in [2.24, 2.45) is 11.3 Å². The summed E-state index contributed by atoms with van der Waals surface area (Å²) in [7, 11) is 0. The maximum atomic E-state index is 12.2. The van der Waals surface area contributed by atoms with Crippen LogP contribution in [0.4, 0.5) is 0 Å². The lowest BCUT2D eigenvalue weighted by Gasteiger charge is -2.24. The summed E-state index contributed by atoms with van der Waals surface area (Å²) in [6, 6.07) is 0. The fourth-order valence-electron chi connectivity index (χ4n) is 2.66. The largest absolute Gasteiger partial charge is 0.481 e. The van der Waals surface area contributed by atoms with Crippen LogP contribution in [0.25, 0.3) is 0 Å². The quantitative estimate of drug-likeness (QED) is 0.831. The molecular weight excluding hydrogens is 238 g/mol. The monoisotopic (exact) mass is 257 g/mol. The predicted octanol–water partition coefficient (Wildman–Crippen LogP) is 1.45. The van der Waals surface area contributed by atoms with Gasteiger partial charge in [0.1, 0.15) is 0 Å². The van der Waals surface area contributed by atoms with Gasteiger partial charge in [-0.05, 0) is 25.0 Å². The number of carbonyl (C=O) groups is 2. The minimum atomic E-state index is -0.754. The van der Waals surface area contributed by atoms with E-state index < -0.39 is 11.4 Å². The van der Waals surface area contributed by atoms with Crippen molar-refractivity contribution in [1.82, 2.24) is 4.90 Å². The average Bonchev–Trinajstić information content (AvgIpc) is 2.98. The van der Waals surface area contributed by atoms with Gasteiger partial charge in [0.2, 0.25) is 5.91 Å². The molecule has 2 aliphatic heterocycles. The first-order chi connectivity index (χ1) is 8.09. The van der Waals surface area contributed by atoms with Gasteiger partial charge in [0, 0.05) is 24.8 Å². The Bertz CT molecular complexity index is 328. The first kappa shape index (κ1) is 12.7. The van der Waals surface area contributed by atoms with Crippen LogP contribution in [0.15, 0.2) is 0 Å². The van der Waals surface area contributed by atoms with Crippen molar-refractivity contribution in [2.75, 3.05) is 24.6 Å². The van der Waals surface area contributed by atoms with E-state index in [0.717, 1.165) is 17.9 Å². The van der Waals surface area contributed by atoms with Crippen molar-refractivity contribution in [3.63, 3.8) is 0 Å². The van der Waals surface area contributed by atoms with E-state index in [1.807, 2.05) is 18.7 Å². The zero-order valence-electron chi connectivity index (χ0n) is 10.1. The molecule has 2 heterocycles. The molecule has 1 amide bonds. The van der Waals surface area contributed by atoms with Crippen LogP contribution < -0.4 is 0 Å². The maximum absolute atomic E-state index is 12.2. The average molecular weight is 257 g/mol. The molecule has 17 heavy (non-hydrogen) atoms. The Kier molecular flexibility index (Phi) is 3.66. The van der Waals surface area contributed by atoms with Crippen molar-refractivity contribution < 1.29 is 14.7 Å². The van der Waals surface area contributed by atoms with Crippen molar-refractivity contribution in [3.8, 4) is 0 Å². The van der Waals surface area contributed by atoms with E-state index in [1.54, 1.807) is 4.90 Å². The summed E-state index contributed by atoms with van der Waals surface area (Å²) in [4.78, 5) is 25.3. The normalized spacial score (nSPS) is 33.0. The SMILES string of the molecule is CCC1(C(=O)O)CCN(C(=O)C2CCSC2)C1. The van der Waals surface area contributed by atoms with Gasteiger partial charge in [-0.2, -0.15) is 11.8 Å². The zero-order valence-corrected chi connectivity index (χ0v) is 11.0. The van der Waals surface area contributed by atoms with E-state index in [-0.39, 0.29) is 11.8 Å². The maximum Gasteiger partial charge on any atom is 0.311 e. The van der Waals surface area contributed by atoms with Crippen LogP contribution in [0.3, 0.4) is 0 Å². The second kappa shape index (κ2) is 4.88. The van der Waals surface area contributed by atoms with Crippen molar-refractivity contribution >= 4 is 23.6 Å². The highest BCUT2D eigenvalue weighted by atomic mass is 32.2. The summed E-state index contributed by atoms with van der Waals surface area (Å²) in [5.74, 6) is 1.51. The van der Waals surface area contributed by atoms with Crippen LogP contribution >= 0.6 is 11.8 Å². The molecule has 0 spiro atoms. The fraction of sp³-hybridized carbons (Fsp3) is 0.833. The molecule has 0 radical (unpaired) electrons. The lowest BCUT2D eigenvalue weighted by Crippen LogP contribution is -2.39. The van der Waals surface area contributed by atoms with Crippen LogP contribution in [-0.2, 0) is 9.59 Å². The number of hydrogen-bond donors (Lipinski definition) is 1. The summed E-state index contributed by atoms with van der Waals surface area (Å²) in [6.45, 7) is 2.91. The fourth-order valence-corrected chi connectivity index (χ4v) is 3.87. The van der Waals surface area contributed by atoms with E-state index in [4.69, 9.17) is 0 Å². The first-order valence-corrected chi connectivity index (χ1v) is 7.34. The Morgan fingerprint density at radius 3 is 2.76 bits per heavy atom. The number of carboxylic acids is 1. The number of carboxylic acid groups (broad SMARTS) is 1. The van der Waals surface area contributed by atoms with Gasteiger partial charge in [-0.3, -0.25) is 9.59 Å². The molecule has 2 saturated heterocycles. The first-order valence-electron chi connectivity index (χ1n) is 6.19. The number of amides is 1. The van der Waals surface area contributed by atoms with E-state index in [1.165, 1.54) is 0 Å². The second-order valence-electron chi connectivity index (χ2n) is 5.01. The number of nitrogens with zero attached hydrogens (tertiary/aromatic N) is 1. The Morgan fingerprint density at radius 1 is 1.53 bits per heavy atom. The third-order valence-corrected chi connectivity index (χ3v) is 5.24. The molecule has 1 N–H and O–H groups in total. The summed E-state index contributed by atoms with van der Waals surface area (Å²) in [5.41, 5.74) is -0.693. The molecule has 0 aromatic carbocycles. The Morgan fingerprint density at radius 2 is 2.29 bits per heavy atom. The number of likely N-dealkylation sites (tertiary alicyclic amines) is 1. The summed E-state index contributed by atoms with van der Waals surface area (Å²) < 4.78 is 0. The molecule has 2 aliphatic rings. The highest BCUT2D eigenvalue weighted by molar-refractivity contribution is 7.99. The van der Waals surface area contributed by atoms with E-state index in [9.17, 15) is 14.7 Å². The Balaban J connectivity index is 2.01. The minimum absolute atomic E-state index is 0.126.